The number of thiophene rings is 1. The monoisotopic (exact) mass is 344 g/mol. The minimum atomic E-state index is -0.113. The predicted molar refractivity (Wildman–Crippen MR) is 92.2 cm³/mol. The Bertz CT molecular complexity index is 684. The lowest BCUT2D eigenvalue weighted by atomic mass is 9.87. The fourth-order valence-corrected chi connectivity index (χ4v) is 4.16. The topological polar surface area (TPSA) is 67.4 Å². The van der Waals surface area contributed by atoms with Crippen LogP contribution in [-0.2, 0) is 4.74 Å². The molecular formula is C17H20N4O2S. The molecule has 0 aliphatic carbocycles. The molecular weight excluding hydrogens is 324 g/mol. The van der Waals surface area contributed by atoms with E-state index in [1.165, 1.54) is 0 Å². The van der Waals surface area contributed by atoms with Crippen molar-refractivity contribution in [1.29, 1.82) is 0 Å². The second-order valence-corrected chi connectivity index (χ2v) is 7.20. The van der Waals surface area contributed by atoms with Crippen LogP contribution in [0.25, 0.3) is 0 Å². The van der Waals surface area contributed by atoms with Crippen molar-refractivity contribution in [2.24, 2.45) is 0 Å². The van der Waals surface area contributed by atoms with Crippen molar-refractivity contribution < 1.29 is 9.53 Å². The molecule has 2 aromatic heterocycles. The van der Waals surface area contributed by atoms with Gasteiger partial charge in [0.25, 0.3) is 5.91 Å². The van der Waals surface area contributed by atoms with Crippen LogP contribution in [0.4, 0.5) is 5.95 Å². The largest absolute Gasteiger partial charge is 0.373 e. The lowest BCUT2D eigenvalue weighted by Crippen LogP contribution is -2.46. The molecule has 7 heteroatoms. The van der Waals surface area contributed by atoms with Crippen LogP contribution in [0, 0.1) is 0 Å². The van der Waals surface area contributed by atoms with Crippen molar-refractivity contribution in [3.05, 3.63) is 40.8 Å². The normalized spacial score (nSPS) is 22.7. The van der Waals surface area contributed by atoms with Gasteiger partial charge < -0.3 is 15.0 Å². The van der Waals surface area contributed by atoms with Gasteiger partial charge in [0.15, 0.2) is 0 Å². The highest BCUT2D eigenvalue weighted by atomic mass is 32.1. The Morgan fingerprint density at radius 1 is 1.33 bits per heavy atom. The zero-order valence-electron chi connectivity index (χ0n) is 13.4. The number of nitrogens with one attached hydrogen (secondary N) is 1. The minimum absolute atomic E-state index is 0.113. The van der Waals surface area contributed by atoms with Crippen LogP contribution in [0.2, 0.25) is 0 Å². The van der Waals surface area contributed by atoms with E-state index in [4.69, 9.17) is 4.74 Å². The van der Waals surface area contributed by atoms with Crippen LogP contribution < -0.4 is 5.32 Å². The van der Waals surface area contributed by atoms with Crippen molar-refractivity contribution in [2.75, 3.05) is 25.0 Å². The van der Waals surface area contributed by atoms with E-state index in [0.29, 0.717) is 12.6 Å². The lowest BCUT2D eigenvalue weighted by molar-refractivity contribution is -0.0388. The quantitative estimate of drug-likeness (QED) is 0.926. The van der Waals surface area contributed by atoms with E-state index in [0.717, 1.165) is 37.9 Å². The fourth-order valence-electron chi connectivity index (χ4n) is 3.53. The number of ether oxygens (including phenoxy) is 1. The minimum Gasteiger partial charge on any atom is -0.373 e. The maximum absolute atomic E-state index is 12.4. The number of amides is 1. The molecule has 0 saturated carbocycles. The third-order valence-electron chi connectivity index (χ3n) is 4.84. The molecule has 24 heavy (non-hydrogen) atoms. The molecule has 6 nitrogen and oxygen atoms in total. The van der Waals surface area contributed by atoms with Crippen LogP contribution >= 0.6 is 11.3 Å². The van der Waals surface area contributed by atoms with Gasteiger partial charge in [-0.3, -0.25) is 4.79 Å². The van der Waals surface area contributed by atoms with Gasteiger partial charge in [0.2, 0.25) is 5.95 Å². The second kappa shape index (κ2) is 6.49. The van der Waals surface area contributed by atoms with Gasteiger partial charge in [0.05, 0.1) is 23.8 Å². The number of rotatable bonds is 3. The first-order chi connectivity index (χ1) is 11.7. The highest BCUT2D eigenvalue weighted by molar-refractivity contribution is 7.08. The summed E-state index contributed by atoms with van der Waals surface area (Å²) in [7, 11) is 0. The summed E-state index contributed by atoms with van der Waals surface area (Å²) in [5.41, 5.74) is 0.682. The van der Waals surface area contributed by atoms with E-state index in [-0.39, 0.29) is 17.6 Å². The van der Waals surface area contributed by atoms with Crippen LogP contribution in [-0.4, -0.2) is 52.1 Å². The molecule has 2 aliphatic rings. The molecule has 1 atom stereocenters. The summed E-state index contributed by atoms with van der Waals surface area (Å²) in [5.74, 6) is 0.782. The molecule has 0 bridgehead atoms. The molecule has 0 radical (unpaired) electrons. The molecule has 4 rings (SSSR count). The predicted octanol–water partition coefficient (Wildman–Crippen LogP) is 2.41. The van der Waals surface area contributed by atoms with Gasteiger partial charge in [-0.2, -0.15) is 11.3 Å². The second-order valence-electron chi connectivity index (χ2n) is 6.42. The molecule has 126 valence electrons. The highest BCUT2D eigenvalue weighted by Gasteiger charge is 2.43. The van der Waals surface area contributed by atoms with Crippen molar-refractivity contribution in [1.82, 2.24) is 14.9 Å². The van der Waals surface area contributed by atoms with Gasteiger partial charge in [-0.1, -0.05) is 0 Å². The van der Waals surface area contributed by atoms with Crippen LogP contribution in [0.15, 0.2) is 35.3 Å². The van der Waals surface area contributed by atoms with Crippen LogP contribution in [0.3, 0.4) is 0 Å². The molecule has 1 N–H and O–H groups in total. The number of hydrogen-bond acceptors (Lipinski definition) is 6. The van der Waals surface area contributed by atoms with Crippen molar-refractivity contribution >= 4 is 23.2 Å². The van der Waals surface area contributed by atoms with E-state index >= 15 is 0 Å². The highest BCUT2D eigenvalue weighted by Crippen LogP contribution is 2.37. The standard InChI is InChI=1S/C17H20N4O2S/c22-15(13-2-9-24-12-13)21-7-3-17(4-8-21)10-14(11-23-17)20-16-18-5-1-6-19-16/h1-2,5-6,9,12,14H,3-4,7-8,10-11H2,(H,18,19,20). The molecule has 4 heterocycles. The summed E-state index contributed by atoms with van der Waals surface area (Å²) in [6.07, 6.45) is 6.17. The SMILES string of the molecule is O=C(c1ccsc1)N1CCC2(CC1)CC(Nc1ncccn1)CO2. The maximum Gasteiger partial charge on any atom is 0.254 e. The van der Waals surface area contributed by atoms with E-state index in [2.05, 4.69) is 15.3 Å². The first-order valence-corrected chi connectivity index (χ1v) is 9.17. The Kier molecular flexibility index (Phi) is 4.20. The first-order valence-electron chi connectivity index (χ1n) is 8.23. The van der Waals surface area contributed by atoms with Gasteiger partial charge in [0.1, 0.15) is 0 Å². The number of hydrogen-bond donors (Lipinski definition) is 1. The van der Waals surface area contributed by atoms with Crippen molar-refractivity contribution in [2.45, 2.75) is 30.9 Å². The summed E-state index contributed by atoms with van der Waals surface area (Å²) in [6.45, 7) is 2.17. The van der Waals surface area contributed by atoms with Crippen LogP contribution in [0.1, 0.15) is 29.6 Å². The van der Waals surface area contributed by atoms with Gasteiger partial charge >= 0.3 is 0 Å². The third-order valence-corrected chi connectivity index (χ3v) is 5.52. The first kappa shape index (κ1) is 15.5. The van der Waals surface area contributed by atoms with Crippen LogP contribution in [0.5, 0.6) is 0 Å². The van der Waals surface area contributed by atoms with Gasteiger partial charge in [-0.25, -0.2) is 9.97 Å². The Morgan fingerprint density at radius 2 is 2.12 bits per heavy atom. The number of carbonyl (C=O) groups excluding carboxylic acids is 1. The average Bonchev–Trinajstić information content (AvgIpc) is 3.27. The molecule has 1 unspecified atom stereocenters. The number of carbonyl (C=O) groups is 1. The summed E-state index contributed by atoms with van der Waals surface area (Å²) < 4.78 is 6.13. The van der Waals surface area contributed by atoms with Gasteiger partial charge in [-0.05, 0) is 36.8 Å². The lowest BCUT2D eigenvalue weighted by Gasteiger charge is -2.38. The summed E-state index contributed by atoms with van der Waals surface area (Å²) >= 11 is 1.56. The Hall–Kier alpha value is -1.99. The number of anilines is 1. The molecule has 2 aromatic rings. The average molecular weight is 344 g/mol. The van der Waals surface area contributed by atoms with Crippen molar-refractivity contribution in [3.63, 3.8) is 0 Å². The van der Waals surface area contributed by atoms with E-state index in [9.17, 15) is 4.79 Å². The van der Waals surface area contributed by atoms with E-state index in [1.54, 1.807) is 29.8 Å². The number of piperidine rings is 1. The maximum atomic E-state index is 12.4. The molecule has 2 aliphatic heterocycles. The number of aromatic nitrogens is 2. The Morgan fingerprint density at radius 3 is 2.83 bits per heavy atom. The molecule has 2 saturated heterocycles. The molecule has 1 amide bonds. The summed E-state index contributed by atoms with van der Waals surface area (Å²) in [5, 5.41) is 7.20. The zero-order valence-corrected chi connectivity index (χ0v) is 14.2. The Labute approximate surface area is 144 Å². The summed E-state index contributed by atoms with van der Waals surface area (Å²) in [4.78, 5) is 22.8. The van der Waals surface area contributed by atoms with Crippen molar-refractivity contribution in [3.8, 4) is 0 Å². The fraction of sp³-hybridized carbons (Fsp3) is 0.471. The molecule has 0 aromatic carbocycles. The van der Waals surface area contributed by atoms with Gasteiger partial charge in [0, 0.05) is 30.9 Å². The van der Waals surface area contributed by atoms with Gasteiger partial charge in [-0.15, -0.1) is 0 Å². The van der Waals surface area contributed by atoms with E-state index in [1.807, 2.05) is 21.7 Å². The third kappa shape index (κ3) is 3.14. The Balaban J connectivity index is 1.33. The zero-order chi connectivity index (χ0) is 16.4. The smallest absolute Gasteiger partial charge is 0.254 e. The molecule has 2 fully saturated rings. The number of nitrogens with zero attached hydrogens (tertiary/aromatic N) is 3. The summed E-state index contributed by atoms with van der Waals surface area (Å²) in [6, 6.07) is 3.92. The van der Waals surface area contributed by atoms with E-state index < -0.39 is 0 Å². The molecule has 1 spiro atoms. The number of likely N-dealkylation sites (tertiary alicyclic amines) is 1.